The van der Waals surface area contributed by atoms with Crippen LogP contribution in [0.15, 0.2) is 50.6 Å². The van der Waals surface area contributed by atoms with Crippen LogP contribution in [0.25, 0.3) is 0 Å². The van der Waals surface area contributed by atoms with E-state index in [2.05, 4.69) is 31.2 Å². The predicted octanol–water partition coefficient (Wildman–Crippen LogP) is 13.4. The van der Waals surface area contributed by atoms with Crippen LogP contribution in [0.3, 0.4) is 0 Å². The summed E-state index contributed by atoms with van der Waals surface area (Å²) < 4.78 is 28.5. The number of unbranched alkanes of at least 4 members (excludes halogenated alkanes) is 16. The van der Waals surface area contributed by atoms with Gasteiger partial charge in [0.25, 0.3) is 0 Å². The molecule has 1 saturated heterocycles. The van der Waals surface area contributed by atoms with E-state index in [0.717, 1.165) is 148 Å². The van der Waals surface area contributed by atoms with Crippen molar-refractivity contribution in [3.8, 4) is 0 Å². The van der Waals surface area contributed by atoms with E-state index in [0.29, 0.717) is 64.2 Å². The largest absolute Gasteiger partial charge is 0.465 e. The Kier molecular flexibility index (Phi) is 40.9. The highest BCUT2D eigenvalue weighted by molar-refractivity contribution is 5.71. The summed E-state index contributed by atoms with van der Waals surface area (Å²) in [5.74, 6) is -1.97. The molecule has 1 aliphatic rings. The van der Waals surface area contributed by atoms with Crippen LogP contribution in [-0.2, 0) is 47.7 Å². The van der Waals surface area contributed by atoms with Gasteiger partial charge in [-0.15, -0.1) is 26.3 Å². The maximum absolute atomic E-state index is 12.8. The quantitative estimate of drug-likeness (QED) is 0.0250. The average Bonchev–Trinajstić information content (AvgIpc) is 3.84. The number of carbonyl (C=O) groups excluding carboxylic acids is 5. The third-order valence-electron chi connectivity index (χ3n) is 12.4. The smallest absolute Gasteiger partial charge is 0.306 e. The highest BCUT2D eigenvalue weighted by atomic mass is 16.6. The topological polar surface area (TPSA) is 135 Å². The lowest BCUT2D eigenvalue weighted by Crippen LogP contribution is -2.27. The summed E-state index contributed by atoms with van der Waals surface area (Å²) in [7, 11) is 0. The first kappa shape index (κ1) is 61.3. The first-order valence-corrected chi connectivity index (χ1v) is 26.7. The summed E-state index contributed by atoms with van der Waals surface area (Å²) in [6.07, 6.45) is 36.3. The molecule has 0 amide bonds. The fraction of sp³-hybridized carbons (Fsp3) is 0.768. The highest BCUT2D eigenvalue weighted by Crippen LogP contribution is 2.20. The molecule has 0 aromatic rings. The van der Waals surface area contributed by atoms with Crippen LogP contribution in [-0.4, -0.2) is 86.4 Å². The van der Waals surface area contributed by atoms with Crippen LogP contribution >= 0.6 is 0 Å². The Morgan fingerprint density at radius 3 is 1.01 bits per heavy atom. The molecule has 0 unspecified atom stereocenters. The molecule has 11 heteroatoms. The van der Waals surface area contributed by atoms with Gasteiger partial charge in [-0.3, -0.25) is 24.0 Å². The second kappa shape index (κ2) is 44.8. The summed E-state index contributed by atoms with van der Waals surface area (Å²) in [6.45, 7) is 18.1. The van der Waals surface area contributed by atoms with Crippen molar-refractivity contribution in [1.82, 2.24) is 4.90 Å². The molecule has 0 aliphatic carbocycles. The van der Waals surface area contributed by atoms with Gasteiger partial charge in [0.15, 0.2) is 0 Å². The Balaban J connectivity index is 2.51. The molecule has 0 radical (unpaired) electrons. The average molecular weight is 942 g/mol. The lowest BCUT2D eigenvalue weighted by Gasteiger charge is -2.18. The Hall–Kier alpha value is -3.73. The van der Waals surface area contributed by atoms with E-state index < -0.39 is 5.92 Å². The molecular weight excluding hydrogens is 847 g/mol. The second-order valence-electron chi connectivity index (χ2n) is 18.6. The van der Waals surface area contributed by atoms with Crippen molar-refractivity contribution in [2.75, 3.05) is 39.5 Å². The molecule has 0 aromatic heterocycles. The molecule has 11 nitrogen and oxygen atoms in total. The number of nitrogens with zero attached hydrogens (tertiary/aromatic N) is 1. The molecule has 0 atom stereocenters. The van der Waals surface area contributed by atoms with Gasteiger partial charge < -0.3 is 28.6 Å². The SMILES string of the molecule is C=CCCCCCC(CCCCCC=C)OC(=O)CCCCCC(=O)OCC(COC(=O)CCCCCC(=O)OC(CCCCCC=C)CCCCCC=C)COC(=O)CCCN1CCCC1. The number of rotatable bonds is 48. The van der Waals surface area contributed by atoms with Crippen molar-refractivity contribution in [2.24, 2.45) is 5.92 Å². The molecule has 67 heavy (non-hydrogen) atoms. The van der Waals surface area contributed by atoms with E-state index in [1.807, 2.05) is 24.3 Å². The van der Waals surface area contributed by atoms with Gasteiger partial charge in [0.05, 0.1) is 5.92 Å². The van der Waals surface area contributed by atoms with Gasteiger partial charge >= 0.3 is 29.8 Å². The Morgan fingerprint density at radius 2 is 0.687 bits per heavy atom. The molecule has 1 fully saturated rings. The standard InChI is InChI=1S/C56H95NO10/c1-5-9-13-17-23-34-50(35-24-18-14-10-6-2)66-55(61)40-29-21-27-38-52(58)63-46-49(48-65-54(60)42-33-45-57-43-31-32-44-57)47-64-53(59)39-28-22-30-41-56(62)67-51(36-25-19-15-11-7-3)37-26-20-16-12-8-4/h5-8,49-51H,1-4,9-48H2. The number of likely N-dealkylation sites (tertiary alicyclic amines) is 1. The van der Waals surface area contributed by atoms with Crippen molar-refractivity contribution in [3.05, 3.63) is 50.6 Å². The Bertz CT molecular complexity index is 1210. The third-order valence-corrected chi connectivity index (χ3v) is 12.4. The zero-order valence-corrected chi connectivity index (χ0v) is 42.2. The van der Waals surface area contributed by atoms with E-state index in [-0.39, 0.29) is 74.7 Å². The van der Waals surface area contributed by atoms with Crippen LogP contribution < -0.4 is 0 Å². The molecule has 1 heterocycles. The molecule has 0 aromatic carbocycles. The zero-order valence-electron chi connectivity index (χ0n) is 42.2. The Morgan fingerprint density at radius 1 is 0.388 bits per heavy atom. The molecule has 0 bridgehead atoms. The lowest BCUT2D eigenvalue weighted by molar-refractivity contribution is -0.154. The van der Waals surface area contributed by atoms with E-state index in [1.54, 1.807) is 0 Å². The van der Waals surface area contributed by atoms with E-state index in [1.165, 1.54) is 12.8 Å². The number of esters is 5. The normalized spacial score (nSPS) is 12.6. The van der Waals surface area contributed by atoms with Gasteiger partial charge in [0.2, 0.25) is 0 Å². The summed E-state index contributed by atoms with van der Waals surface area (Å²) in [6, 6.07) is 0. The maximum Gasteiger partial charge on any atom is 0.306 e. The van der Waals surface area contributed by atoms with Crippen molar-refractivity contribution < 1.29 is 47.7 Å². The number of hydrogen-bond donors (Lipinski definition) is 0. The van der Waals surface area contributed by atoms with Crippen LogP contribution in [0.4, 0.5) is 0 Å². The zero-order chi connectivity index (χ0) is 48.8. The highest BCUT2D eigenvalue weighted by Gasteiger charge is 2.20. The maximum atomic E-state index is 12.8. The van der Waals surface area contributed by atoms with Gasteiger partial charge in [-0.2, -0.15) is 0 Å². The Labute approximate surface area is 407 Å². The van der Waals surface area contributed by atoms with Crippen LogP contribution in [0.2, 0.25) is 0 Å². The number of hydrogen-bond acceptors (Lipinski definition) is 11. The van der Waals surface area contributed by atoms with Crippen LogP contribution in [0, 0.1) is 5.92 Å². The van der Waals surface area contributed by atoms with E-state index in [4.69, 9.17) is 23.7 Å². The second-order valence-corrected chi connectivity index (χ2v) is 18.6. The number of allylic oxidation sites excluding steroid dienone is 4. The van der Waals surface area contributed by atoms with Gasteiger partial charge in [-0.25, -0.2) is 0 Å². The van der Waals surface area contributed by atoms with Crippen molar-refractivity contribution >= 4 is 29.8 Å². The predicted molar refractivity (Wildman–Crippen MR) is 270 cm³/mol. The van der Waals surface area contributed by atoms with Gasteiger partial charge in [-0.05, 0) is 167 Å². The first-order valence-electron chi connectivity index (χ1n) is 26.7. The minimum atomic E-state index is -0.506. The monoisotopic (exact) mass is 942 g/mol. The minimum absolute atomic E-state index is 0.0252. The molecule has 384 valence electrons. The lowest BCUT2D eigenvalue weighted by atomic mass is 10.0. The summed E-state index contributed by atoms with van der Waals surface area (Å²) in [5, 5.41) is 0. The molecule has 0 spiro atoms. The van der Waals surface area contributed by atoms with Gasteiger partial charge in [0, 0.05) is 32.1 Å². The first-order chi connectivity index (χ1) is 32.7. The molecule has 1 aliphatic heterocycles. The third kappa shape index (κ3) is 38.9. The number of carbonyl (C=O) groups is 5. The fourth-order valence-corrected chi connectivity index (χ4v) is 8.24. The van der Waals surface area contributed by atoms with Crippen LogP contribution in [0.1, 0.15) is 218 Å². The molecular formula is C56H95NO10. The van der Waals surface area contributed by atoms with Crippen molar-refractivity contribution in [2.45, 2.75) is 231 Å². The van der Waals surface area contributed by atoms with Crippen molar-refractivity contribution in [1.29, 1.82) is 0 Å². The molecule has 0 N–H and O–H groups in total. The van der Waals surface area contributed by atoms with Gasteiger partial charge in [0.1, 0.15) is 32.0 Å². The summed E-state index contributed by atoms with van der Waals surface area (Å²) in [5.41, 5.74) is 0. The van der Waals surface area contributed by atoms with Crippen molar-refractivity contribution in [3.63, 3.8) is 0 Å². The molecule has 0 saturated carbocycles. The summed E-state index contributed by atoms with van der Waals surface area (Å²) in [4.78, 5) is 65.9. The fourth-order valence-electron chi connectivity index (χ4n) is 8.24. The van der Waals surface area contributed by atoms with E-state index in [9.17, 15) is 24.0 Å². The summed E-state index contributed by atoms with van der Waals surface area (Å²) >= 11 is 0. The van der Waals surface area contributed by atoms with Crippen LogP contribution in [0.5, 0.6) is 0 Å². The molecule has 1 rings (SSSR count). The van der Waals surface area contributed by atoms with Gasteiger partial charge in [-0.1, -0.05) is 62.8 Å². The van der Waals surface area contributed by atoms with E-state index >= 15 is 0 Å². The number of ether oxygens (including phenoxy) is 5. The minimum Gasteiger partial charge on any atom is -0.465 e.